The first-order valence-electron chi connectivity index (χ1n) is 9.92. The van der Waals surface area contributed by atoms with Crippen molar-refractivity contribution in [3.8, 4) is 5.88 Å². The lowest BCUT2D eigenvalue weighted by atomic mass is 10.1. The van der Waals surface area contributed by atoms with E-state index >= 15 is 0 Å². The third kappa shape index (κ3) is 5.43. The minimum Gasteiger partial charge on any atom is -0.493 e. The topological polar surface area (TPSA) is 130 Å². The summed E-state index contributed by atoms with van der Waals surface area (Å²) in [4.78, 5) is 22.9. The zero-order valence-corrected chi connectivity index (χ0v) is 17.9. The number of nitrogens with zero attached hydrogens (tertiary/aromatic N) is 3. The molecule has 0 aliphatic carbocycles. The molecule has 0 saturated carbocycles. The van der Waals surface area contributed by atoms with E-state index in [0.29, 0.717) is 11.9 Å². The number of primary amides is 1. The molecule has 0 saturated heterocycles. The molecule has 0 unspecified atom stereocenters. The molecule has 0 aliphatic heterocycles. The number of urea groups is 1. The van der Waals surface area contributed by atoms with Crippen molar-refractivity contribution in [2.45, 2.75) is 37.6 Å². The van der Waals surface area contributed by atoms with Gasteiger partial charge in [-0.2, -0.15) is 0 Å². The molecule has 1 heterocycles. The van der Waals surface area contributed by atoms with Gasteiger partial charge in [-0.05, 0) is 60.9 Å². The molecular weight excluding hydrogens is 416 g/mol. The van der Waals surface area contributed by atoms with Gasteiger partial charge in [0, 0.05) is 16.8 Å². The summed E-state index contributed by atoms with van der Waals surface area (Å²) in [5.41, 5.74) is 7.50. The first-order chi connectivity index (χ1) is 14.9. The Hall–Kier alpha value is -3.33. The zero-order chi connectivity index (χ0) is 22.4. The molecule has 4 N–H and O–H groups in total. The van der Waals surface area contributed by atoms with Crippen LogP contribution in [-0.2, 0) is 13.0 Å². The van der Waals surface area contributed by atoms with E-state index in [1.165, 1.54) is 0 Å². The van der Waals surface area contributed by atoms with Crippen LogP contribution in [0.15, 0.2) is 57.6 Å². The third-order valence-corrected chi connectivity index (χ3v) is 5.84. The van der Waals surface area contributed by atoms with Gasteiger partial charge < -0.3 is 20.5 Å². The standard InChI is InChI=1S/C22H24N4O4S/c1-2-11-26-18-10-9-16(13-17(18)19(20(26)27)24-25-22(23)30)31-12-3-4-14-5-7-15(8-6-14)21(28)29/h5-10,13,27H,2-4,11-12H2,1H3,(H2,23,30)(H,28,29). The number of rotatable bonds is 9. The molecule has 0 bridgehead atoms. The van der Waals surface area contributed by atoms with E-state index in [1.54, 1.807) is 28.5 Å². The van der Waals surface area contributed by atoms with Crippen molar-refractivity contribution in [2.75, 3.05) is 5.75 Å². The summed E-state index contributed by atoms with van der Waals surface area (Å²) >= 11 is 1.68. The predicted octanol–water partition coefficient (Wildman–Crippen LogP) is 5.34. The van der Waals surface area contributed by atoms with E-state index in [-0.39, 0.29) is 17.1 Å². The molecule has 0 fully saturated rings. The first kappa shape index (κ1) is 22.4. The Morgan fingerprint density at radius 2 is 1.90 bits per heavy atom. The molecule has 0 spiro atoms. The average molecular weight is 441 g/mol. The molecule has 3 aromatic rings. The number of nitrogens with two attached hydrogens (primary N) is 1. The van der Waals surface area contributed by atoms with Gasteiger partial charge in [-0.15, -0.1) is 16.9 Å². The van der Waals surface area contributed by atoms with Gasteiger partial charge in [0.15, 0.2) is 5.69 Å². The van der Waals surface area contributed by atoms with Gasteiger partial charge in [0.25, 0.3) is 0 Å². The Balaban J connectivity index is 1.71. The number of hydrogen-bond acceptors (Lipinski definition) is 5. The van der Waals surface area contributed by atoms with Crippen molar-refractivity contribution < 1.29 is 19.8 Å². The molecule has 3 rings (SSSR count). The van der Waals surface area contributed by atoms with Crippen molar-refractivity contribution in [1.82, 2.24) is 4.57 Å². The van der Waals surface area contributed by atoms with Crippen LogP contribution in [0.1, 0.15) is 35.7 Å². The molecule has 2 amide bonds. The van der Waals surface area contributed by atoms with Gasteiger partial charge in [-0.3, -0.25) is 0 Å². The smallest absolute Gasteiger partial charge is 0.356 e. The number of carboxylic acid groups (broad SMARTS) is 1. The quantitative estimate of drug-likeness (QED) is 0.235. The number of azo groups is 1. The summed E-state index contributed by atoms with van der Waals surface area (Å²) in [5, 5.41) is 27.5. The number of thioether (sulfide) groups is 1. The molecule has 0 radical (unpaired) electrons. The minimum atomic E-state index is -0.925. The number of carbonyl (C=O) groups excluding carboxylic acids is 1. The Kier molecular flexibility index (Phi) is 7.30. The number of benzene rings is 2. The van der Waals surface area contributed by atoms with E-state index < -0.39 is 12.0 Å². The van der Waals surface area contributed by atoms with Gasteiger partial charge in [-0.1, -0.05) is 24.2 Å². The summed E-state index contributed by atoms with van der Waals surface area (Å²) in [7, 11) is 0. The highest BCUT2D eigenvalue weighted by atomic mass is 32.2. The van der Waals surface area contributed by atoms with Gasteiger partial charge in [0.05, 0.1) is 11.1 Å². The molecule has 162 valence electrons. The van der Waals surface area contributed by atoms with Crippen LogP contribution in [-0.4, -0.2) is 32.5 Å². The van der Waals surface area contributed by atoms with Gasteiger partial charge in [-0.25, -0.2) is 9.59 Å². The monoisotopic (exact) mass is 440 g/mol. The molecule has 9 heteroatoms. The summed E-state index contributed by atoms with van der Waals surface area (Å²) in [5.74, 6) is -0.0914. The molecular formula is C22H24N4O4S. The second-order valence-electron chi connectivity index (χ2n) is 7.00. The van der Waals surface area contributed by atoms with Crippen LogP contribution in [0.25, 0.3) is 10.9 Å². The molecule has 0 atom stereocenters. The summed E-state index contributed by atoms with van der Waals surface area (Å²) in [6.45, 7) is 2.62. The molecule has 31 heavy (non-hydrogen) atoms. The molecule has 8 nitrogen and oxygen atoms in total. The maximum atomic E-state index is 11.0. The number of aryl methyl sites for hydroxylation is 2. The number of amides is 2. The Morgan fingerprint density at radius 1 is 1.16 bits per heavy atom. The number of hydrogen-bond donors (Lipinski definition) is 3. The van der Waals surface area contributed by atoms with Crippen molar-refractivity contribution in [3.63, 3.8) is 0 Å². The lowest BCUT2D eigenvalue weighted by Crippen LogP contribution is -2.01. The number of carboxylic acids is 1. The predicted molar refractivity (Wildman–Crippen MR) is 120 cm³/mol. The summed E-state index contributed by atoms with van der Waals surface area (Å²) < 4.78 is 1.75. The fraction of sp³-hybridized carbons (Fsp3) is 0.273. The maximum Gasteiger partial charge on any atom is 0.356 e. The van der Waals surface area contributed by atoms with Gasteiger partial charge >= 0.3 is 12.0 Å². The highest BCUT2D eigenvalue weighted by molar-refractivity contribution is 7.99. The SMILES string of the molecule is CCCn1c(O)c(N=NC(N)=O)c2cc(SCCCc3ccc(C(=O)O)cc3)ccc21. The Labute approximate surface area is 183 Å². The lowest BCUT2D eigenvalue weighted by molar-refractivity contribution is 0.0697. The van der Waals surface area contributed by atoms with Crippen LogP contribution in [0.4, 0.5) is 10.5 Å². The highest BCUT2D eigenvalue weighted by Crippen LogP contribution is 2.40. The van der Waals surface area contributed by atoms with Crippen LogP contribution >= 0.6 is 11.8 Å². The van der Waals surface area contributed by atoms with Crippen LogP contribution in [0.2, 0.25) is 0 Å². The Bertz CT molecular complexity index is 1120. The molecule has 1 aromatic heterocycles. The average Bonchev–Trinajstić information content (AvgIpc) is 3.00. The van der Waals surface area contributed by atoms with E-state index in [1.807, 2.05) is 37.3 Å². The van der Waals surface area contributed by atoms with Crippen molar-refractivity contribution in [3.05, 3.63) is 53.6 Å². The minimum absolute atomic E-state index is 0.0335. The fourth-order valence-electron chi connectivity index (χ4n) is 3.32. The van der Waals surface area contributed by atoms with E-state index in [0.717, 1.165) is 41.0 Å². The largest absolute Gasteiger partial charge is 0.493 e. The number of aromatic hydroxyl groups is 1. The van der Waals surface area contributed by atoms with E-state index in [4.69, 9.17) is 10.8 Å². The van der Waals surface area contributed by atoms with E-state index in [2.05, 4.69) is 10.2 Å². The van der Waals surface area contributed by atoms with Gasteiger partial charge in [0.2, 0.25) is 5.88 Å². The van der Waals surface area contributed by atoms with Crippen LogP contribution in [0.3, 0.4) is 0 Å². The maximum absolute atomic E-state index is 11.0. The van der Waals surface area contributed by atoms with Crippen molar-refractivity contribution in [1.29, 1.82) is 0 Å². The lowest BCUT2D eigenvalue weighted by Gasteiger charge is -2.06. The second kappa shape index (κ2) is 10.1. The van der Waals surface area contributed by atoms with Crippen LogP contribution in [0, 0.1) is 0 Å². The van der Waals surface area contributed by atoms with Crippen molar-refractivity contribution >= 4 is 40.4 Å². The van der Waals surface area contributed by atoms with Crippen molar-refractivity contribution in [2.24, 2.45) is 16.0 Å². The number of carbonyl (C=O) groups is 2. The zero-order valence-electron chi connectivity index (χ0n) is 17.1. The third-order valence-electron chi connectivity index (χ3n) is 4.76. The highest BCUT2D eigenvalue weighted by Gasteiger charge is 2.17. The van der Waals surface area contributed by atoms with Gasteiger partial charge in [0.1, 0.15) is 0 Å². The summed E-state index contributed by atoms with van der Waals surface area (Å²) in [6.07, 6.45) is 2.60. The number of aromatic carboxylic acids is 1. The molecule has 2 aromatic carbocycles. The molecule has 0 aliphatic rings. The summed E-state index contributed by atoms with van der Waals surface area (Å²) in [6, 6.07) is 11.9. The second-order valence-corrected chi connectivity index (χ2v) is 8.16. The Morgan fingerprint density at radius 3 is 2.55 bits per heavy atom. The number of aromatic nitrogens is 1. The van der Waals surface area contributed by atoms with Crippen LogP contribution < -0.4 is 5.73 Å². The normalized spacial score (nSPS) is 11.4. The first-order valence-corrected chi connectivity index (χ1v) is 10.9. The number of fused-ring (bicyclic) bond motifs is 1. The van der Waals surface area contributed by atoms with E-state index in [9.17, 15) is 14.7 Å². The fourth-order valence-corrected chi connectivity index (χ4v) is 4.21. The van der Waals surface area contributed by atoms with Crippen LogP contribution in [0.5, 0.6) is 5.88 Å².